The van der Waals surface area contributed by atoms with Gasteiger partial charge in [-0.1, -0.05) is 6.07 Å². The van der Waals surface area contributed by atoms with E-state index in [9.17, 15) is 13.2 Å². The average molecular weight is 357 g/mol. The summed E-state index contributed by atoms with van der Waals surface area (Å²) in [5, 5.41) is 4.40. The maximum atomic E-state index is 14.9. The van der Waals surface area contributed by atoms with Crippen molar-refractivity contribution in [2.75, 3.05) is 0 Å². The van der Waals surface area contributed by atoms with Crippen molar-refractivity contribution in [3.8, 4) is 0 Å². The van der Waals surface area contributed by atoms with E-state index in [1.807, 2.05) is 26.0 Å². The predicted molar refractivity (Wildman–Crippen MR) is 94.7 cm³/mol. The largest absolute Gasteiger partial charge is 0.298 e. The minimum Gasteiger partial charge on any atom is -0.271 e. The summed E-state index contributed by atoms with van der Waals surface area (Å²) in [6.07, 6.45) is 1.63. The normalized spacial score (nSPS) is 17.9. The molecule has 6 heteroatoms. The van der Waals surface area contributed by atoms with Crippen molar-refractivity contribution in [1.82, 2.24) is 9.61 Å². The van der Waals surface area contributed by atoms with Crippen LogP contribution in [0.3, 0.4) is 0 Å². The summed E-state index contributed by atoms with van der Waals surface area (Å²) in [5.41, 5.74) is 2.10. The third-order valence-electron chi connectivity index (χ3n) is 5.18. The molecular weight excluding hydrogens is 339 g/mol. The summed E-state index contributed by atoms with van der Waals surface area (Å²) in [4.78, 5) is 4.37. The van der Waals surface area contributed by atoms with Crippen molar-refractivity contribution < 1.29 is 13.2 Å². The van der Waals surface area contributed by atoms with Gasteiger partial charge >= 0.3 is 0 Å². The van der Waals surface area contributed by atoms with Crippen LogP contribution in [0.5, 0.6) is 0 Å². The first-order valence-electron chi connectivity index (χ1n) is 8.36. The molecule has 0 saturated carbocycles. The third-order valence-corrected chi connectivity index (χ3v) is 5.18. The highest BCUT2D eigenvalue weighted by atomic mass is 19.3. The molecule has 0 radical (unpaired) electrons. The minimum absolute atomic E-state index is 0.240. The van der Waals surface area contributed by atoms with Gasteiger partial charge in [0.15, 0.2) is 0 Å². The van der Waals surface area contributed by atoms with Gasteiger partial charge in [-0.15, -0.1) is 0 Å². The summed E-state index contributed by atoms with van der Waals surface area (Å²) in [5.74, 6) is -3.96. The topological polar surface area (TPSA) is 29.7 Å². The van der Waals surface area contributed by atoms with Crippen LogP contribution in [-0.4, -0.2) is 20.9 Å². The van der Waals surface area contributed by atoms with Gasteiger partial charge in [0.1, 0.15) is 11.4 Å². The maximum absolute atomic E-state index is 14.9. The molecule has 0 saturated heterocycles. The van der Waals surface area contributed by atoms with Crippen molar-refractivity contribution >= 4 is 11.2 Å². The fourth-order valence-electron chi connectivity index (χ4n) is 3.39. The molecule has 0 atom stereocenters. The van der Waals surface area contributed by atoms with Crippen molar-refractivity contribution in [2.24, 2.45) is 4.99 Å². The molecular formula is C20H18F3N3. The second-order valence-corrected chi connectivity index (χ2v) is 7.24. The van der Waals surface area contributed by atoms with E-state index >= 15 is 0 Å². The number of aryl methyl sites for hydroxylation is 2. The monoisotopic (exact) mass is 357 g/mol. The molecule has 2 aromatic heterocycles. The van der Waals surface area contributed by atoms with Crippen LogP contribution in [0.2, 0.25) is 0 Å². The smallest absolute Gasteiger partial charge is 0.271 e. The van der Waals surface area contributed by atoms with Gasteiger partial charge in [-0.05, 0) is 57.5 Å². The molecule has 26 heavy (non-hydrogen) atoms. The van der Waals surface area contributed by atoms with Gasteiger partial charge in [0, 0.05) is 22.4 Å². The number of aromatic nitrogens is 2. The van der Waals surface area contributed by atoms with Gasteiger partial charge in [0.2, 0.25) is 0 Å². The lowest BCUT2D eigenvalue weighted by molar-refractivity contribution is -0.0684. The molecule has 1 aliphatic rings. The van der Waals surface area contributed by atoms with Crippen LogP contribution in [-0.2, 0) is 5.92 Å². The summed E-state index contributed by atoms with van der Waals surface area (Å²) < 4.78 is 45.3. The zero-order chi connectivity index (χ0) is 18.9. The van der Waals surface area contributed by atoms with Crippen LogP contribution >= 0.6 is 0 Å². The molecule has 0 fully saturated rings. The first-order valence-corrected chi connectivity index (χ1v) is 8.36. The average Bonchev–Trinajstić information content (AvgIpc) is 2.99. The number of fused-ring (bicyclic) bond motifs is 2. The first-order chi connectivity index (χ1) is 12.1. The second-order valence-electron chi connectivity index (χ2n) is 7.24. The number of benzene rings is 1. The van der Waals surface area contributed by atoms with Crippen LogP contribution in [0, 0.1) is 19.7 Å². The molecule has 3 nitrogen and oxygen atoms in total. The Morgan fingerprint density at radius 1 is 1.00 bits per heavy atom. The molecule has 0 N–H and O–H groups in total. The molecule has 3 aromatic rings. The van der Waals surface area contributed by atoms with Crippen molar-refractivity contribution in [3.05, 3.63) is 70.3 Å². The van der Waals surface area contributed by atoms with E-state index in [-0.39, 0.29) is 11.1 Å². The number of hydrogen-bond donors (Lipinski definition) is 0. The van der Waals surface area contributed by atoms with E-state index in [4.69, 9.17) is 0 Å². The van der Waals surface area contributed by atoms with E-state index in [0.717, 1.165) is 22.8 Å². The molecule has 134 valence electrons. The summed E-state index contributed by atoms with van der Waals surface area (Å²) in [6.45, 7) is 6.66. The summed E-state index contributed by atoms with van der Waals surface area (Å²) in [6, 6.07) is 7.33. The highest BCUT2D eigenvalue weighted by Crippen LogP contribution is 2.47. The summed E-state index contributed by atoms with van der Waals surface area (Å²) in [7, 11) is 0. The van der Waals surface area contributed by atoms with Crippen LogP contribution in [0.15, 0.2) is 41.5 Å². The quantitative estimate of drug-likeness (QED) is 0.614. The van der Waals surface area contributed by atoms with Gasteiger partial charge in [0.05, 0.1) is 17.4 Å². The zero-order valence-corrected chi connectivity index (χ0v) is 14.9. The Morgan fingerprint density at radius 2 is 1.73 bits per heavy atom. The van der Waals surface area contributed by atoms with Gasteiger partial charge in [-0.25, -0.2) is 8.91 Å². The molecule has 0 aliphatic carbocycles. The molecule has 1 aliphatic heterocycles. The van der Waals surface area contributed by atoms with Crippen LogP contribution in [0.25, 0.3) is 5.52 Å². The number of nitrogens with zero attached hydrogens (tertiary/aromatic N) is 3. The number of pyridine rings is 1. The first kappa shape index (κ1) is 16.8. The van der Waals surface area contributed by atoms with Crippen LogP contribution < -0.4 is 0 Å². The molecule has 0 unspecified atom stereocenters. The molecule has 0 bridgehead atoms. The lowest BCUT2D eigenvalue weighted by atomic mass is 9.81. The highest BCUT2D eigenvalue weighted by Gasteiger charge is 2.53. The Hall–Kier alpha value is -2.63. The zero-order valence-electron chi connectivity index (χ0n) is 14.9. The molecule has 0 spiro atoms. The Kier molecular flexibility index (Phi) is 3.36. The Labute approximate surface area is 149 Å². The number of alkyl halides is 2. The second kappa shape index (κ2) is 5.19. The minimum atomic E-state index is -3.27. The predicted octanol–water partition coefficient (Wildman–Crippen LogP) is 4.81. The van der Waals surface area contributed by atoms with E-state index in [2.05, 4.69) is 10.1 Å². The Morgan fingerprint density at radius 3 is 2.46 bits per heavy atom. The van der Waals surface area contributed by atoms with E-state index in [1.165, 1.54) is 26.0 Å². The van der Waals surface area contributed by atoms with Crippen molar-refractivity contribution in [3.63, 3.8) is 0 Å². The lowest BCUT2D eigenvalue weighted by Crippen LogP contribution is -2.44. The third kappa shape index (κ3) is 2.14. The van der Waals surface area contributed by atoms with E-state index in [1.54, 1.807) is 10.7 Å². The lowest BCUT2D eigenvalue weighted by Gasteiger charge is -2.37. The Balaban J connectivity index is 2.04. The van der Waals surface area contributed by atoms with Crippen LogP contribution in [0.1, 0.15) is 41.8 Å². The molecule has 3 heterocycles. The number of rotatable bonds is 1. The van der Waals surface area contributed by atoms with Crippen molar-refractivity contribution in [1.29, 1.82) is 0 Å². The number of hydrogen-bond acceptors (Lipinski definition) is 2. The number of aliphatic imine (C=N–C) groups is 1. The van der Waals surface area contributed by atoms with Gasteiger partial charge in [-0.3, -0.25) is 4.99 Å². The van der Waals surface area contributed by atoms with Crippen molar-refractivity contribution in [2.45, 2.75) is 39.2 Å². The fraction of sp³-hybridized carbons (Fsp3) is 0.300. The van der Waals surface area contributed by atoms with Gasteiger partial charge in [0.25, 0.3) is 5.92 Å². The van der Waals surface area contributed by atoms with E-state index < -0.39 is 17.3 Å². The molecule has 4 rings (SSSR count). The number of halogens is 3. The summed E-state index contributed by atoms with van der Waals surface area (Å²) >= 11 is 0. The highest BCUT2D eigenvalue weighted by molar-refractivity contribution is 6.18. The fourth-order valence-corrected chi connectivity index (χ4v) is 3.39. The van der Waals surface area contributed by atoms with E-state index in [0.29, 0.717) is 11.3 Å². The SMILES string of the molecule is Cc1ccc2c(C3=NC(C)(C)C(F)(F)c4cc(F)ccc43)cnn2c1C. The molecule has 0 amide bonds. The maximum Gasteiger partial charge on any atom is 0.298 e. The van der Waals surface area contributed by atoms with Gasteiger partial charge < -0.3 is 0 Å². The standard InChI is InChI=1S/C20H18F3N3/c1-11-5-8-17-15(10-24-26(17)12(11)2)18-14-7-6-13(21)9-16(14)20(22,23)19(3,4)25-18/h5-10H,1-4H3. The Bertz CT molecular complexity index is 1080. The van der Waals surface area contributed by atoms with Crippen LogP contribution in [0.4, 0.5) is 13.2 Å². The molecule has 1 aromatic carbocycles. The van der Waals surface area contributed by atoms with Gasteiger partial charge in [-0.2, -0.15) is 13.9 Å².